The molecule has 2 N–H and O–H groups in total. The van der Waals surface area contributed by atoms with Crippen molar-refractivity contribution in [3.63, 3.8) is 0 Å². The molecule has 0 bridgehead atoms. The Kier molecular flexibility index (Phi) is 2.29. The van der Waals surface area contributed by atoms with Crippen LogP contribution in [-0.2, 0) is 0 Å². The van der Waals surface area contributed by atoms with Gasteiger partial charge < -0.3 is 5.73 Å². The van der Waals surface area contributed by atoms with E-state index in [9.17, 15) is 8.78 Å². The van der Waals surface area contributed by atoms with Crippen molar-refractivity contribution >= 4 is 11.3 Å². The van der Waals surface area contributed by atoms with Gasteiger partial charge in [-0.25, -0.2) is 8.78 Å². The van der Waals surface area contributed by atoms with Gasteiger partial charge >= 0.3 is 0 Å². The van der Waals surface area contributed by atoms with Gasteiger partial charge in [-0.15, -0.1) is 0 Å². The van der Waals surface area contributed by atoms with E-state index in [0.717, 1.165) is 12.1 Å². The van der Waals surface area contributed by atoms with Crippen molar-refractivity contribution in [2.45, 2.75) is 0 Å². The minimum atomic E-state index is -0.883. The molecule has 66 valence electrons. The van der Waals surface area contributed by atoms with Gasteiger partial charge in [0, 0.05) is 0 Å². The van der Waals surface area contributed by atoms with Crippen LogP contribution in [0.5, 0.6) is 0 Å². The number of nitrogens with two attached hydrogens (primary N) is 1. The normalized spacial score (nSPS) is 9.31. The summed E-state index contributed by atoms with van der Waals surface area (Å²) in [5.74, 6) is -1.77. The molecule has 0 atom stereocenters. The maximum Gasteiger partial charge on any atom is 0.149 e. The second-order valence-electron chi connectivity index (χ2n) is 2.44. The van der Waals surface area contributed by atoms with Crippen LogP contribution in [0.15, 0.2) is 18.7 Å². The molecule has 0 radical (unpaired) electrons. The average molecular weight is 180 g/mol. The van der Waals surface area contributed by atoms with Crippen molar-refractivity contribution < 1.29 is 8.78 Å². The van der Waals surface area contributed by atoms with Crippen molar-refractivity contribution in [1.82, 2.24) is 0 Å². The zero-order valence-corrected chi connectivity index (χ0v) is 6.64. The number of anilines is 1. The molecule has 0 saturated carbocycles. The standard InChI is InChI=1S/C9H6F2N2/c1-5(4-12)6-2-7(10)9(13)8(11)3-6/h2-3H,1,13H2. The maximum atomic E-state index is 12.8. The number of hydrogen-bond acceptors (Lipinski definition) is 2. The van der Waals surface area contributed by atoms with Crippen molar-refractivity contribution in [2.24, 2.45) is 0 Å². The van der Waals surface area contributed by atoms with Crippen LogP contribution in [0, 0.1) is 23.0 Å². The van der Waals surface area contributed by atoms with Crippen LogP contribution in [0.3, 0.4) is 0 Å². The third-order valence-electron chi connectivity index (χ3n) is 1.56. The molecule has 0 heterocycles. The Labute approximate surface area is 73.9 Å². The van der Waals surface area contributed by atoms with Crippen molar-refractivity contribution in [1.29, 1.82) is 5.26 Å². The lowest BCUT2D eigenvalue weighted by molar-refractivity contribution is 0.591. The fourth-order valence-electron chi connectivity index (χ4n) is 0.823. The number of nitriles is 1. The highest BCUT2D eigenvalue weighted by Gasteiger charge is 2.08. The van der Waals surface area contributed by atoms with Crippen LogP contribution >= 0.6 is 0 Å². The van der Waals surface area contributed by atoms with Gasteiger partial charge in [0.2, 0.25) is 0 Å². The molecule has 2 nitrogen and oxygen atoms in total. The highest BCUT2D eigenvalue weighted by molar-refractivity contribution is 5.75. The van der Waals surface area contributed by atoms with E-state index in [4.69, 9.17) is 11.0 Å². The van der Waals surface area contributed by atoms with E-state index in [2.05, 4.69) is 6.58 Å². The summed E-state index contributed by atoms with van der Waals surface area (Å²) in [4.78, 5) is 0. The molecule has 0 fully saturated rings. The van der Waals surface area contributed by atoms with Gasteiger partial charge in [-0.1, -0.05) is 6.58 Å². The summed E-state index contributed by atoms with van der Waals surface area (Å²) in [7, 11) is 0. The van der Waals surface area contributed by atoms with E-state index in [0.29, 0.717) is 0 Å². The van der Waals surface area contributed by atoms with Crippen LogP contribution in [0.4, 0.5) is 14.5 Å². The molecule has 0 unspecified atom stereocenters. The van der Waals surface area contributed by atoms with Gasteiger partial charge in [0.1, 0.15) is 17.3 Å². The van der Waals surface area contributed by atoms with Crippen LogP contribution in [0.2, 0.25) is 0 Å². The van der Waals surface area contributed by atoms with Gasteiger partial charge in [0.25, 0.3) is 0 Å². The first-order valence-electron chi connectivity index (χ1n) is 3.40. The number of nitrogens with zero attached hydrogens (tertiary/aromatic N) is 1. The smallest absolute Gasteiger partial charge is 0.149 e. The predicted molar refractivity (Wildman–Crippen MR) is 45.4 cm³/mol. The van der Waals surface area contributed by atoms with E-state index < -0.39 is 17.3 Å². The minimum Gasteiger partial charge on any atom is -0.394 e. The minimum absolute atomic E-state index is 0.00204. The third kappa shape index (κ3) is 1.64. The molecule has 13 heavy (non-hydrogen) atoms. The number of hydrogen-bond donors (Lipinski definition) is 1. The van der Waals surface area contributed by atoms with Gasteiger partial charge in [-0.3, -0.25) is 0 Å². The molecule has 0 amide bonds. The predicted octanol–water partition coefficient (Wildman–Crippen LogP) is 2.08. The summed E-state index contributed by atoms with van der Waals surface area (Å²) in [6, 6.07) is 3.64. The zero-order valence-electron chi connectivity index (χ0n) is 6.64. The number of allylic oxidation sites excluding steroid dienone is 1. The molecule has 0 aliphatic carbocycles. The summed E-state index contributed by atoms with van der Waals surface area (Å²) in [6.07, 6.45) is 0. The van der Waals surface area contributed by atoms with Crippen molar-refractivity contribution in [2.75, 3.05) is 5.73 Å². The molecule has 1 aromatic carbocycles. The zero-order chi connectivity index (χ0) is 10.0. The van der Waals surface area contributed by atoms with Gasteiger partial charge in [0.05, 0.1) is 11.6 Å². The quantitative estimate of drug-likeness (QED) is 0.531. The topological polar surface area (TPSA) is 49.8 Å². The monoisotopic (exact) mass is 180 g/mol. The number of halogens is 2. The third-order valence-corrected chi connectivity index (χ3v) is 1.56. The largest absolute Gasteiger partial charge is 0.394 e. The SMILES string of the molecule is C=C(C#N)c1cc(F)c(N)c(F)c1. The molecule has 0 aliphatic rings. The molecular weight excluding hydrogens is 174 g/mol. The molecular formula is C9H6F2N2. The first-order valence-corrected chi connectivity index (χ1v) is 3.40. The summed E-state index contributed by atoms with van der Waals surface area (Å²) in [5, 5.41) is 8.41. The summed E-state index contributed by atoms with van der Waals surface area (Å²) in [6.45, 7) is 3.32. The lowest BCUT2D eigenvalue weighted by atomic mass is 10.1. The number of rotatable bonds is 1. The Morgan fingerprint density at radius 3 is 2.23 bits per heavy atom. The molecule has 1 rings (SSSR count). The Bertz CT molecular complexity index is 382. The van der Waals surface area contributed by atoms with E-state index in [1.165, 1.54) is 0 Å². The Hall–Kier alpha value is -1.89. The molecule has 0 aliphatic heterocycles. The number of nitrogen functional groups attached to an aromatic ring is 1. The maximum absolute atomic E-state index is 12.8. The van der Waals surface area contributed by atoms with Crippen LogP contribution in [0.1, 0.15) is 5.56 Å². The Morgan fingerprint density at radius 1 is 1.38 bits per heavy atom. The molecule has 4 heteroatoms. The number of benzene rings is 1. The average Bonchev–Trinajstić information content (AvgIpc) is 2.12. The van der Waals surface area contributed by atoms with Gasteiger partial charge in [-0.2, -0.15) is 5.26 Å². The van der Waals surface area contributed by atoms with E-state index in [1.54, 1.807) is 6.07 Å². The van der Waals surface area contributed by atoms with Crippen molar-refractivity contribution in [3.8, 4) is 6.07 Å². The van der Waals surface area contributed by atoms with Gasteiger partial charge in [0.15, 0.2) is 0 Å². The summed E-state index contributed by atoms with van der Waals surface area (Å²) < 4.78 is 25.6. The Balaban J connectivity index is 3.30. The lowest BCUT2D eigenvalue weighted by Crippen LogP contribution is -1.96. The van der Waals surface area contributed by atoms with Crippen LogP contribution < -0.4 is 5.73 Å². The second kappa shape index (κ2) is 3.23. The lowest BCUT2D eigenvalue weighted by Gasteiger charge is -2.01. The summed E-state index contributed by atoms with van der Waals surface area (Å²) in [5.41, 5.74) is 4.58. The van der Waals surface area contributed by atoms with Crippen LogP contribution in [-0.4, -0.2) is 0 Å². The Morgan fingerprint density at radius 2 is 1.85 bits per heavy atom. The molecule has 1 aromatic rings. The second-order valence-corrected chi connectivity index (χ2v) is 2.44. The van der Waals surface area contributed by atoms with Gasteiger partial charge in [-0.05, 0) is 17.7 Å². The highest BCUT2D eigenvalue weighted by Crippen LogP contribution is 2.20. The molecule has 0 spiro atoms. The molecule has 0 saturated heterocycles. The first-order chi connectivity index (χ1) is 6.06. The highest BCUT2D eigenvalue weighted by atomic mass is 19.1. The molecule has 0 aromatic heterocycles. The van der Waals surface area contributed by atoms with Crippen LogP contribution in [0.25, 0.3) is 5.57 Å². The first kappa shape index (κ1) is 9.20. The van der Waals surface area contributed by atoms with Crippen molar-refractivity contribution in [3.05, 3.63) is 35.9 Å². The fraction of sp³-hybridized carbons (Fsp3) is 0. The fourth-order valence-corrected chi connectivity index (χ4v) is 0.823. The van der Waals surface area contributed by atoms with E-state index in [1.807, 2.05) is 0 Å². The van der Waals surface area contributed by atoms with E-state index >= 15 is 0 Å². The van der Waals surface area contributed by atoms with E-state index in [-0.39, 0.29) is 11.1 Å². The summed E-state index contributed by atoms with van der Waals surface area (Å²) >= 11 is 0.